The van der Waals surface area contributed by atoms with Gasteiger partial charge in [0.15, 0.2) is 11.5 Å². The first-order valence-electron chi connectivity index (χ1n) is 7.16. The molecule has 1 aromatic heterocycles. The summed E-state index contributed by atoms with van der Waals surface area (Å²) < 4.78 is 12.6. The van der Waals surface area contributed by atoms with Crippen molar-refractivity contribution in [2.24, 2.45) is 0 Å². The first kappa shape index (κ1) is 15.8. The molecule has 0 radical (unpaired) electrons. The van der Waals surface area contributed by atoms with Crippen molar-refractivity contribution in [3.63, 3.8) is 0 Å². The van der Waals surface area contributed by atoms with Crippen LogP contribution in [0.2, 0.25) is 10.0 Å². The minimum absolute atomic E-state index is 0.241. The summed E-state index contributed by atoms with van der Waals surface area (Å²) in [6.07, 6.45) is 0. The highest BCUT2D eigenvalue weighted by atomic mass is 79.9. The fourth-order valence-electron chi connectivity index (χ4n) is 2.59. The van der Waals surface area contributed by atoms with Crippen LogP contribution in [0.3, 0.4) is 0 Å². The molecule has 2 aromatic carbocycles. The molecule has 0 atom stereocenters. The predicted octanol–water partition coefficient (Wildman–Crippen LogP) is 5.47. The van der Waals surface area contributed by atoms with Crippen molar-refractivity contribution in [3.05, 3.63) is 58.2 Å². The van der Waals surface area contributed by atoms with Gasteiger partial charge >= 0.3 is 0 Å². The van der Waals surface area contributed by atoms with E-state index < -0.39 is 0 Å². The normalized spacial score (nSPS) is 12.6. The smallest absolute Gasteiger partial charge is 0.231 e. The summed E-state index contributed by atoms with van der Waals surface area (Å²) in [4.78, 5) is 0. The van der Waals surface area contributed by atoms with Gasteiger partial charge in [0.05, 0.1) is 22.1 Å². The number of alkyl halides is 1. The summed E-state index contributed by atoms with van der Waals surface area (Å²) in [5.74, 6) is 1.46. The zero-order valence-electron chi connectivity index (χ0n) is 12.3. The summed E-state index contributed by atoms with van der Waals surface area (Å²) in [5.41, 5.74) is 3.46. The largest absolute Gasteiger partial charge is 0.454 e. The fraction of sp³-hybridized carbons (Fsp3) is 0.118. The van der Waals surface area contributed by atoms with Gasteiger partial charge in [-0.1, -0.05) is 39.1 Å². The molecule has 0 amide bonds. The molecule has 0 saturated carbocycles. The Kier molecular flexibility index (Phi) is 4.16. The van der Waals surface area contributed by atoms with E-state index in [0.717, 1.165) is 34.1 Å². The van der Waals surface area contributed by atoms with Crippen molar-refractivity contribution in [2.45, 2.75) is 5.33 Å². The number of rotatable bonds is 3. The van der Waals surface area contributed by atoms with Crippen molar-refractivity contribution in [3.8, 4) is 28.4 Å². The summed E-state index contributed by atoms with van der Waals surface area (Å²) in [6.45, 7) is 0.241. The van der Waals surface area contributed by atoms with Gasteiger partial charge in [-0.2, -0.15) is 5.10 Å². The third-order valence-corrected chi connectivity index (χ3v) is 4.83. The van der Waals surface area contributed by atoms with E-state index in [1.54, 1.807) is 22.9 Å². The quantitative estimate of drug-likeness (QED) is 0.522. The molecule has 4 rings (SSSR count). The average Bonchev–Trinajstić information content (AvgIpc) is 3.22. The highest BCUT2D eigenvalue weighted by Gasteiger charge is 2.18. The Labute approximate surface area is 157 Å². The number of hydrogen-bond donors (Lipinski definition) is 0. The third-order valence-electron chi connectivity index (χ3n) is 3.70. The molecule has 0 aliphatic carbocycles. The number of fused-ring (bicyclic) bond motifs is 1. The number of aromatic nitrogens is 2. The van der Waals surface area contributed by atoms with Crippen LogP contribution in [0.15, 0.2) is 42.5 Å². The van der Waals surface area contributed by atoms with E-state index in [1.807, 2.05) is 24.3 Å². The molecule has 2 heterocycles. The maximum atomic E-state index is 6.36. The molecule has 0 N–H and O–H groups in total. The molecule has 122 valence electrons. The lowest BCUT2D eigenvalue weighted by Crippen LogP contribution is -2.00. The van der Waals surface area contributed by atoms with Gasteiger partial charge in [0.25, 0.3) is 0 Å². The zero-order valence-corrected chi connectivity index (χ0v) is 15.4. The monoisotopic (exact) mass is 424 g/mol. The van der Waals surface area contributed by atoms with Gasteiger partial charge < -0.3 is 9.47 Å². The van der Waals surface area contributed by atoms with Crippen molar-refractivity contribution < 1.29 is 9.47 Å². The molecule has 0 unspecified atom stereocenters. The van der Waals surface area contributed by atoms with Gasteiger partial charge in [0.1, 0.15) is 0 Å². The second-order valence-electron chi connectivity index (χ2n) is 5.23. The van der Waals surface area contributed by atoms with Crippen molar-refractivity contribution in [1.29, 1.82) is 0 Å². The maximum absolute atomic E-state index is 6.36. The van der Waals surface area contributed by atoms with Crippen molar-refractivity contribution in [1.82, 2.24) is 9.78 Å². The Morgan fingerprint density at radius 3 is 2.71 bits per heavy atom. The van der Waals surface area contributed by atoms with E-state index in [9.17, 15) is 0 Å². The van der Waals surface area contributed by atoms with Crippen LogP contribution >= 0.6 is 39.1 Å². The Morgan fingerprint density at radius 1 is 1.04 bits per heavy atom. The maximum Gasteiger partial charge on any atom is 0.231 e. The number of halogens is 3. The Morgan fingerprint density at radius 2 is 1.88 bits per heavy atom. The van der Waals surface area contributed by atoms with Crippen molar-refractivity contribution >= 4 is 39.1 Å². The number of ether oxygens (including phenoxy) is 2. The molecule has 0 spiro atoms. The summed E-state index contributed by atoms with van der Waals surface area (Å²) in [5, 5.41) is 6.43. The van der Waals surface area contributed by atoms with E-state index in [0.29, 0.717) is 15.4 Å². The molecule has 1 aliphatic heterocycles. The lowest BCUT2D eigenvalue weighted by atomic mass is 10.1. The topological polar surface area (TPSA) is 36.3 Å². The summed E-state index contributed by atoms with van der Waals surface area (Å²) in [6, 6.07) is 13.1. The minimum atomic E-state index is 0.241. The highest BCUT2D eigenvalue weighted by Crippen LogP contribution is 2.37. The number of nitrogens with zero attached hydrogens (tertiary/aromatic N) is 2. The Balaban J connectivity index is 1.89. The van der Waals surface area contributed by atoms with Gasteiger partial charge in [-0.3, -0.25) is 0 Å². The first-order chi connectivity index (χ1) is 11.7. The lowest BCUT2D eigenvalue weighted by Gasteiger charge is -2.10. The van der Waals surface area contributed by atoms with E-state index in [2.05, 4.69) is 21.0 Å². The molecular weight excluding hydrogens is 415 g/mol. The van der Waals surface area contributed by atoms with Crippen molar-refractivity contribution in [2.75, 3.05) is 6.79 Å². The van der Waals surface area contributed by atoms with Gasteiger partial charge in [0.2, 0.25) is 6.79 Å². The second kappa shape index (κ2) is 6.31. The van der Waals surface area contributed by atoms with Crippen LogP contribution in [0.5, 0.6) is 11.5 Å². The van der Waals surface area contributed by atoms with Crippen LogP contribution in [0.25, 0.3) is 16.9 Å². The summed E-state index contributed by atoms with van der Waals surface area (Å²) >= 11 is 16.0. The van der Waals surface area contributed by atoms with Crippen LogP contribution in [-0.2, 0) is 5.33 Å². The van der Waals surface area contributed by atoms with Crippen LogP contribution in [0, 0.1) is 0 Å². The lowest BCUT2D eigenvalue weighted by molar-refractivity contribution is 0.174. The predicted molar refractivity (Wildman–Crippen MR) is 97.8 cm³/mol. The SMILES string of the molecule is Clc1ccc(Cl)c(-n2nc(CBr)cc2-c2ccc3c(c2)OCO3)c1. The molecule has 4 nitrogen and oxygen atoms in total. The van der Waals surface area contributed by atoms with Crippen LogP contribution < -0.4 is 9.47 Å². The Hall–Kier alpha value is -1.69. The van der Waals surface area contributed by atoms with Crippen LogP contribution in [0.4, 0.5) is 0 Å². The standard InChI is InChI=1S/C17H11BrCl2N2O2/c18-8-12-7-14(10-1-4-16-17(5-10)24-9-23-16)22(21-12)15-6-11(19)2-3-13(15)20/h1-7H,8-9H2. The fourth-order valence-corrected chi connectivity index (χ4v) is 3.23. The first-order valence-corrected chi connectivity index (χ1v) is 9.04. The summed E-state index contributed by atoms with van der Waals surface area (Å²) in [7, 11) is 0. The zero-order chi connectivity index (χ0) is 16.7. The van der Waals surface area contributed by atoms with Crippen LogP contribution in [0.1, 0.15) is 5.69 Å². The van der Waals surface area contributed by atoms with E-state index >= 15 is 0 Å². The third kappa shape index (κ3) is 2.77. The second-order valence-corrected chi connectivity index (χ2v) is 6.63. The molecule has 1 aliphatic rings. The number of benzene rings is 2. The highest BCUT2D eigenvalue weighted by molar-refractivity contribution is 9.08. The van der Waals surface area contributed by atoms with Crippen LogP contribution in [-0.4, -0.2) is 16.6 Å². The molecule has 24 heavy (non-hydrogen) atoms. The molecule has 0 saturated heterocycles. The van der Waals surface area contributed by atoms with E-state index in [1.165, 1.54) is 0 Å². The van der Waals surface area contributed by atoms with Gasteiger partial charge in [-0.15, -0.1) is 0 Å². The average molecular weight is 426 g/mol. The number of hydrogen-bond acceptors (Lipinski definition) is 3. The van der Waals surface area contributed by atoms with Gasteiger partial charge in [0, 0.05) is 15.9 Å². The van der Waals surface area contributed by atoms with Gasteiger partial charge in [-0.25, -0.2) is 4.68 Å². The molecule has 0 bridgehead atoms. The van der Waals surface area contributed by atoms with E-state index in [-0.39, 0.29) is 6.79 Å². The molecule has 7 heteroatoms. The Bertz CT molecular complexity index is 927. The molecule has 0 fully saturated rings. The minimum Gasteiger partial charge on any atom is -0.454 e. The molecule has 3 aromatic rings. The van der Waals surface area contributed by atoms with E-state index in [4.69, 9.17) is 32.7 Å². The van der Waals surface area contributed by atoms with Gasteiger partial charge in [-0.05, 0) is 42.5 Å². The molecular formula is C17H11BrCl2N2O2.